The summed E-state index contributed by atoms with van der Waals surface area (Å²) in [4.78, 5) is 15.3. The summed E-state index contributed by atoms with van der Waals surface area (Å²) in [6.07, 6.45) is 4.84. The normalized spacial score (nSPS) is 16.6. The molecule has 1 aromatic heterocycles. The third-order valence-electron chi connectivity index (χ3n) is 3.16. The van der Waals surface area contributed by atoms with E-state index in [0.29, 0.717) is 6.54 Å². The van der Waals surface area contributed by atoms with Crippen LogP contribution in [0.2, 0.25) is 0 Å². The summed E-state index contributed by atoms with van der Waals surface area (Å²) in [6.45, 7) is 3.10. The molecular weight excluding hydrogens is 312 g/mol. The Morgan fingerprint density at radius 2 is 2.06 bits per heavy atom. The number of carbonyl (C=O) groups excluding carboxylic acids is 1. The molecule has 5 heteroatoms. The molecule has 3 nitrogen and oxygen atoms in total. The Morgan fingerprint density at radius 1 is 1.33 bits per heavy atom. The molecule has 0 atom stereocenters. The highest BCUT2D eigenvalue weighted by atomic mass is 79.9. The van der Waals surface area contributed by atoms with Crippen LogP contribution < -0.4 is 5.32 Å². The van der Waals surface area contributed by atoms with Gasteiger partial charge in [0.2, 0.25) is 5.91 Å². The predicted octanol–water partition coefficient (Wildman–Crippen LogP) is 3.00. The van der Waals surface area contributed by atoms with Gasteiger partial charge >= 0.3 is 0 Å². The average molecular weight is 331 g/mol. The predicted molar refractivity (Wildman–Crippen MR) is 78.8 cm³/mol. The van der Waals surface area contributed by atoms with Crippen molar-refractivity contribution >= 4 is 33.2 Å². The molecule has 0 spiro atoms. The third-order valence-corrected chi connectivity index (χ3v) is 4.85. The minimum Gasteiger partial charge on any atom is -0.342 e. The van der Waals surface area contributed by atoms with Crippen molar-refractivity contribution in [1.29, 1.82) is 0 Å². The number of hydrogen-bond acceptors (Lipinski definition) is 3. The van der Waals surface area contributed by atoms with E-state index in [1.165, 1.54) is 17.7 Å². The zero-order valence-corrected chi connectivity index (χ0v) is 12.9. The number of nitrogens with zero attached hydrogens (tertiary/aromatic N) is 1. The summed E-state index contributed by atoms with van der Waals surface area (Å²) in [5.74, 6) is 0.243. The largest absolute Gasteiger partial charge is 0.342 e. The van der Waals surface area contributed by atoms with Crippen molar-refractivity contribution in [2.45, 2.75) is 32.2 Å². The molecule has 1 aliphatic rings. The van der Waals surface area contributed by atoms with Crippen molar-refractivity contribution < 1.29 is 4.79 Å². The summed E-state index contributed by atoms with van der Waals surface area (Å²) < 4.78 is 1.11. The van der Waals surface area contributed by atoms with Crippen LogP contribution in [0.5, 0.6) is 0 Å². The molecule has 0 aromatic carbocycles. The van der Waals surface area contributed by atoms with Gasteiger partial charge < -0.3 is 10.2 Å². The molecule has 1 aliphatic heterocycles. The second-order valence-corrected chi connectivity index (χ2v) is 6.54. The first-order chi connectivity index (χ1) is 8.75. The van der Waals surface area contributed by atoms with Gasteiger partial charge in [-0.3, -0.25) is 4.79 Å². The van der Waals surface area contributed by atoms with Crippen LogP contribution in [0.3, 0.4) is 0 Å². The Kier molecular flexibility index (Phi) is 5.66. The highest BCUT2D eigenvalue weighted by Crippen LogP contribution is 2.19. The third kappa shape index (κ3) is 4.37. The highest BCUT2D eigenvalue weighted by molar-refractivity contribution is 9.10. The molecule has 1 saturated heterocycles. The van der Waals surface area contributed by atoms with E-state index in [-0.39, 0.29) is 5.91 Å². The maximum atomic E-state index is 12.0. The number of halogens is 1. The van der Waals surface area contributed by atoms with Crippen LogP contribution in [-0.2, 0) is 11.3 Å². The van der Waals surface area contributed by atoms with Crippen LogP contribution in [0.4, 0.5) is 0 Å². The summed E-state index contributed by atoms with van der Waals surface area (Å²) in [6, 6.07) is 2.09. The molecule has 18 heavy (non-hydrogen) atoms. The lowest BCUT2D eigenvalue weighted by molar-refractivity contribution is -0.130. The monoisotopic (exact) mass is 330 g/mol. The molecule has 1 N–H and O–H groups in total. The van der Waals surface area contributed by atoms with Crippen LogP contribution in [0.1, 0.15) is 30.6 Å². The zero-order chi connectivity index (χ0) is 12.8. The number of likely N-dealkylation sites (tertiary alicyclic amines) is 1. The van der Waals surface area contributed by atoms with Crippen LogP contribution in [0.15, 0.2) is 15.9 Å². The van der Waals surface area contributed by atoms with Crippen molar-refractivity contribution in [3.63, 3.8) is 0 Å². The van der Waals surface area contributed by atoms with E-state index in [2.05, 4.69) is 32.7 Å². The molecule has 0 saturated carbocycles. The second kappa shape index (κ2) is 7.26. The average Bonchev–Trinajstić information content (AvgIpc) is 2.63. The number of nitrogens with one attached hydrogen (secondary N) is 1. The van der Waals surface area contributed by atoms with E-state index in [1.807, 2.05) is 4.90 Å². The van der Waals surface area contributed by atoms with Gasteiger partial charge in [0, 0.05) is 34.4 Å². The maximum absolute atomic E-state index is 12.0. The zero-order valence-electron chi connectivity index (χ0n) is 10.5. The van der Waals surface area contributed by atoms with Gasteiger partial charge in [-0.05, 0) is 34.8 Å². The molecule has 2 rings (SSSR count). The summed E-state index contributed by atoms with van der Waals surface area (Å²) in [5.41, 5.74) is 0. The van der Waals surface area contributed by atoms with Gasteiger partial charge in [0.15, 0.2) is 0 Å². The van der Waals surface area contributed by atoms with Gasteiger partial charge in [0.05, 0.1) is 6.54 Å². The lowest BCUT2D eigenvalue weighted by atomic mass is 10.2. The minimum absolute atomic E-state index is 0.243. The Morgan fingerprint density at radius 3 is 2.67 bits per heavy atom. The van der Waals surface area contributed by atoms with Crippen molar-refractivity contribution in [3.05, 3.63) is 20.8 Å². The van der Waals surface area contributed by atoms with Crippen LogP contribution in [-0.4, -0.2) is 30.4 Å². The van der Waals surface area contributed by atoms with Crippen molar-refractivity contribution in [1.82, 2.24) is 10.2 Å². The van der Waals surface area contributed by atoms with E-state index < -0.39 is 0 Å². The first kappa shape index (κ1) is 14.0. The molecule has 1 amide bonds. The first-order valence-electron chi connectivity index (χ1n) is 6.47. The topological polar surface area (TPSA) is 32.3 Å². The van der Waals surface area contributed by atoms with Crippen LogP contribution in [0, 0.1) is 0 Å². The fraction of sp³-hybridized carbons (Fsp3) is 0.615. The number of hydrogen-bond donors (Lipinski definition) is 1. The smallest absolute Gasteiger partial charge is 0.236 e. The van der Waals surface area contributed by atoms with Crippen molar-refractivity contribution in [3.8, 4) is 0 Å². The molecule has 2 heterocycles. The second-order valence-electron chi connectivity index (χ2n) is 4.63. The molecule has 1 aromatic rings. The van der Waals surface area contributed by atoms with E-state index in [9.17, 15) is 4.79 Å². The van der Waals surface area contributed by atoms with Crippen LogP contribution >= 0.6 is 27.3 Å². The lowest BCUT2D eigenvalue weighted by Gasteiger charge is -2.20. The summed E-state index contributed by atoms with van der Waals surface area (Å²) in [5, 5.41) is 5.29. The van der Waals surface area contributed by atoms with Gasteiger partial charge in [0.1, 0.15) is 0 Å². The van der Waals surface area contributed by atoms with Gasteiger partial charge in [-0.2, -0.15) is 0 Å². The minimum atomic E-state index is 0.243. The quantitative estimate of drug-likeness (QED) is 0.920. The fourth-order valence-corrected chi connectivity index (χ4v) is 3.59. The Labute approximate surface area is 121 Å². The first-order valence-corrected chi connectivity index (χ1v) is 8.14. The number of rotatable bonds is 4. The molecule has 1 fully saturated rings. The van der Waals surface area contributed by atoms with Crippen molar-refractivity contribution in [2.24, 2.45) is 0 Å². The SMILES string of the molecule is O=C(CNCc1cc(Br)cs1)N1CCCCCC1. The number of carbonyl (C=O) groups is 1. The molecule has 0 bridgehead atoms. The molecule has 0 radical (unpaired) electrons. The lowest BCUT2D eigenvalue weighted by Crippen LogP contribution is -2.38. The Bertz CT molecular complexity index is 386. The van der Waals surface area contributed by atoms with Gasteiger partial charge in [0.25, 0.3) is 0 Å². The van der Waals surface area contributed by atoms with E-state index in [0.717, 1.165) is 36.9 Å². The van der Waals surface area contributed by atoms with E-state index >= 15 is 0 Å². The Balaban J connectivity index is 1.70. The fourth-order valence-electron chi connectivity index (χ4n) is 2.17. The van der Waals surface area contributed by atoms with E-state index in [1.54, 1.807) is 11.3 Å². The van der Waals surface area contributed by atoms with Crippen molar-refractivity contribution in [2.75, 3.05) is 19.6 Å². The van der Waals surface area contributed by atoms with Gasteiger partial charge in [-0.1, -0.05) is 12.8 Å². The Hall–Kier alpha value is -0.390. The number of amides is 1. The highest BCUT2D eigenvalue weighted by Gasteiger charge is 2.14. The van der Waals surface area contributed by atoms with E-state index in [4.69, 9.17) is 0 Å². The number of thiophene rings is 1. The van der Waals surface area contributed by atoms with Crippen LogP contribution in [0.25, 0.3) is 0 Å². The van der Waals surface area contributed by atoms with Gasteiger partial charge in [-0.15, -0.1) is 11.3 Å². The summed E-state index contributed by atoms with van der Waals surface area (Å²) in [7, 11) is 0. The maximum Gasteiger partial charge on any atom is 0.236 e. The molecule has 0 unspecified atom stereocenters. The molecule has 0 aliphatic carbocycles. The standard InChI is InChI=1S/C13H19BrN2OS/c14-11-7-12(18-10-11)8-15-9-13(17)16-5-3-1-2-4-6-16/h7,10,15H,1-6,8-9H2. The van der Waals surface area contributed by atoms with Gasteiger partial charge in [-0.25, -0.2) is 0 Å². The molecular formula is C13H19BrN2OS. The summed E-state index contributed by atoms with van der Waals surface area (Å²) >= 11 is 5.14. The molecule has 100 valence electrons.